The maximum atomic E-state index is 3.82. The van der Waals surface area contributed by atoms with Gasteiger partial charge in [0.2, 0.25) is 0 Å². The fourth-order valence-corrected chi connectivity index (χ4v) is 1.67. The quantitative estimate of drug-likeness (QED) is 0.532. The lowest BCUT2D eigenvalue weighted by Gasteiger charge is -2.17. The summed E-state index contributed by atoms with van der Waals surface area (Å²) in [6.45, 7) is 8.13. The van der Waals surface area contributed by atoms with Gasteiger partial charge in [0.15, 0.2) is 0 Å². The first-order valence-corrected chi connectivity index (χ1v) is 4.27. The van der Waals surface area contributed by atoms with Gasteiger partial charge < -0.3 is 0 Å². The molecule has 0 heteroatoms. The first-order chi connectivity index (χ1) is 5.29. The van der Waals surface area contributed by atoms with Gasteiger partial charge in [0.1, 0.15) is 0 Å². The summed E-state index contributed by atoms with van der Waals surface area (Å²) in [5.41, 5.74) is 4.39. The van der Waals surface area contributed by atoms with Gasteiger partial charge in [-0.05, 0) is 49.8 Å². The van der Waals surface area contributed by atoms with Crippen LogP contribution >= 0.6 is 0 Å². The third-order valence-corrected chi connectivity index (χ3v) is 2.45. The number of hydrogen-bond donors (Lipinski definition) is 0. The zero-order chi connectivity index (χ0) is 8.27. The molecule has 11 heavy (non-hydrogen) atoms. The second kappa shape index (κ2) is 3.56. The van der Waals surface area contributed by atoms with Crippen LogP contribution in [0.3, 0.4) is 0 Å². The van der Waals surface area contributed by atoms with Gasteiger partial charge in [-0.15, -0.1) is 0 Å². The zero-order valence-electron chi connectivity index (χ0n) is 7.48. The van der Waals surface area contributed by atoms with Crippen molar-refractivity contribution in [2.24, 2.45) is 0 Å². The molecule has 0 amide bonds. The first-order valence-electron chi connectivity index (χ1n) is 4.27. The molecule has 0 nitrogen and oxygen atoms in total. The Morgan fingerprint density at radius 3 is 2.64 bits per heavy atom. The summed E-state index contributed by atoms with van der Waals surface area (Å²) in [6.07, 6.45) is 7.97. The van der Waals surface area contributed by atoms with E-state index >= 15 is 0 Å². The van der Waals surface area contributed by atoms with Gasteiger partial charge in [-0.25, -0.2) is 0 Å². The second-order valence-corrected chi connectivity index (χ2v) is 3.02. The van der Waals surface area contributed by atoms with Crippen LogP contribution < -0.4 is 0 Å². The van der Waals surface area contributed by atoms with Crippen LogP contribution in [0.2, 0.25) is 0 Å². The average Bonchev–Trinajstić information content (AvgIpc) is 2.05. The van der Waals surface area contributed by atoms with Crippen molar-refractivity contribution in [2.75, 3.05) is 0 Å². The third-order valence-electron chi connectivity index (χ3n) is 2.45. The molecule has 0 spiro atoms. The van der Waals surface area contributed by atoms with Gasteiger partial charge in [0.05, 0.1) is 0 Å². The smallest absolute Gasteiger partial charge is 0.0273 e. The van der Waals surface area contributed by atoms with Crippen LogP contribution in [0.1, 0.15) is 33.1 Å². The summed E-state index contributed by atoms with van der Waals surface area (Å²) in [6, 6.07) is 0. The van der Waals surface area contributed by atoms with Gasteiger partial charge in [0, 0.05) is 0 Å². The molecule has 1 aliphatic rings. The van der Waals surface area contributed by atoms with E-state index in [1.807, 2.05) is 6.08 Å². The van der Waals surface area contributed by atoms with Crippen molar-refractivity contribution in [2.45, 2.75) is 33.1 Å². The summed E-state index contributed by atoms with van der Waals surface area (Å²) in [5.74, 6) is 0. The van der Waals surface area contributed by atoms with Crippen LogP contribution in [0.5, 0.6) is 0 Å². The largest absolute Gasteiger partial charge is 0.0988 e. The molecule has 0 saturated heterocycles. The van der Waals surface area contributed by atoms with Crippen molar-refractivity contribution in [3.63, 3.8) is 0 Å². The van der Waals surface area contributed by atoms with E-state index in [-0.39, 0.29) is 0 Å². The third kappa shape index (κ3) is 1.62. The maximum Gasteiger partial charge on any atom is -0.0273 e. The van der Waals surface area contributed by atoms with Gasteiger partial charge in [-0.2, -0.15) is 0 Å². The van der Waals surface area contributed by atoms with Crippen LogP contribution in [0, 0.1) is 0 Å². The summed E-state index contributed by atoms with van der Waals surface area (Å²) >= 11 is 0. The lowest BCUT2D eigenvalue weighted by Crippen LogP contribution is -1.98. The predicted octanol–water partition coefficient (Wildman–Crippen LogP) is 3.62. The minimum atomic E-state index is 1.21. The SMILES string of the molecule is C=CC1=C(C)/C(=C/C)CCC1. The number of allylic oxidation sites excluding steroid dienone is 5. The molecule has 1 rings (SSSR count). The van der Waals surface area contributed by atoms with Gasteiger partial charge in [-0.3, -0.25) is 0 Å². The normalized spacial score (nSPS) is 22.5. The molecule has 0 bridgehead atoms. The highest BCUT2D eigenvalue weighted by molar-refractivity contribution is 5.40. The molecule has 0 aromatic heterocycles. The Morgan fingerprint density at radius 1 is 1.36 bits per heavy atom. The lowest BCUT2D eigenvalue weighted by molar-refractivity contribution is 0.776. The van der Waals surface area contributed by atoms with Crippen LogP contribution in [0.15, 0.2) is 35.5 Å². The fraction of sp³-hybridized carbons (Fsp3) is 0.455. The zero-order valence-corrected chi connectivity index (χ0v) is 7.48. The Kier molecular flexibility index (Phi) is 2.70. The molecule has 0 atom stereocenters. The van der Waals surface area contributed by atoms with Crippen molar-refractivity contribution in [3.8, 4) is 0 Å². The van der Waals surface area contributed by atoms with E-state index in [0.717, 1.165) is 0 Å². The van der Waals surface area contributed by atoms with Crippen LogP contribution in [-0.2, 0) is 0 Å². The van der Waals surface area contributed by atoms with Crippen molar-refractivity contribution in [1.82, 2.24) is 0 Å². The van der Waals surface area contributed by atoms with Crippen LogP contribution in [-0.4, -0.2) is 0 Å². The van der Waals surface area contributed by atoms with Gasteiger partial charge >= 0.3 is 0 Å². The van der Waals surface area contributed by atoms with Crippen LogP contribution in [0.4, 0.5) is 0 Å². The molecule has 0 aromatic carbocycles. The molecule has 0 radical (unpaired) electrons. The Balaban J connectivity index is 2.97. The van der Waals surface area contributed by atoms with Crippen molar-refractivity contribution in [3.05, 3.63) is 35.5 Å². The minimum absolute atomic E-state index is 1.21. The molecule has 1 aliphatic carbocycles. The Bertz CT molecular complexity index is 216. The highest BCUT2D eigenvalue weighted by Crippen LogP contribution is 2.29. The fourth-order valence-electron chi connectivity index (χ4n) is 1.67. The molecule has 0 N–H and O–H groups in total. The van der Waals surface area contributed by atoms with E-state index in [1.165, 1.54) is 36.0 Å². The summed E-state index contributed by atoms with van der Waals surface area (Å²) in [5, 5.41) is 0. The topological polar surface area (TPSA) is 0 Å². The Morgan fingerprint density at radius 2 is 2.09 bits per heavy atom. The Hall–Kier alpha value is -0.780. The molecule has 0 aromatic rings. The molecule has 60 valence electrons. The van der Waals surface area contributed by atoms with Gasteiger partial charge in [-0.1, -0.05) is 18.7 Å². The molecule has 0 unspecified atom stereocenters. The molecular weight excluding hydrogens is 132 g/mol. The van der Waals surface area contributed by atoms with E-state index < -0.39 is 0 Å². The maximum absolute atomic E-state index is 3.82. The van der Waals surface area contributed by atoms with E-state index in [2.05, 4.69) is 26.5 Å². The monoisotopic (exact) mass is 148 g/mol. The van der Waals surface area contributed by atoms with Crippen molar-refractivity contribution in [1.29, 1.82) is 0 Å². The van der Waals surface area contributed by atoms with E-state index in [0.29, 0.717) is 0 Å². The highest BCUT2D eigenvalue weighted by atomic mass is 14.1. The molecular formula is C11H16. The lowest BCUT2D eigenvalue weighted by atomic mass is 9.88. The number of rotatable bonds is 1. The summed E-state index contributed by atoms with van der Waals surface area (Å²) in [4.78, 5) is 0. The van der Waals surface area contributed by atoms with E-state index in [1.54, 1.807) is 0 Å². The molecule has 0 heterocycles. The summed E-state index contributed by atoms with van der Waals surface area (Å²) in [7, 11) is 0. The second-order valence-electron chi connectivity index (χ2n) is 3.02. The summed E-state index contributed by atoms with van der Waals surface area (Å²) < 4.78 is 0. The first kappa shape index (κ1) is 8.32. The Labute approximate surface area is 69.3 Å². The standard InChI is InChI=1S/C11H16/c1-4-10-7-6-8-11(5-2)9(10)3/h4-5H,1,6-8H2,2-3H3/b11-5+. The van der Waals surface area contributed by atoms with Gasteiger partial charge in [0.25, 0.3) is 0 Å². The molecule has 0 saturated carbocycles. The highest BCUT2D eigenvalue weighted by Gasteiger charge is 2.09. The van der Waals surface area contributed by atoms with Crippen molar-refractivity contribution >= 4 is 0 Å². The predicted molar refractivity (Wildman–Crippen MR) is 50.5 cm³/mol. The average molecular weight is 148 g/mol. The van der Waals surface area contributed by atoms with E-state index in [4.69, 9.17) is 0 Å². The van der Waals surface area contributed by atoms with E-state index in [9.17, 15) is 0 Å². The molecule has 0 aliphatic heterocycles. The van der Waals surface area contributed by atoms with Crippen LogP contribution in [0.25, 0.3) is 0 Å². The number of hydrogen-bond acceptors (Lipinski definition) is 0. The minimum Gasteiger partial charge on any atom is -0.0988 e. The van der Waals surface area contributed by atoms with Crippen molar-refractivity contribution < 1.29 is 0 Å². The molecule has 0 fully saturated rings.